The van der Waals surface area contributed by atoms with Gasteiger partial charge in [0.05, 0.1) is 6.04 Å². The van der Waals surface area contributed by atoms with Gasteiger partial charge in [0.1, 0.15) is 12.2 Å². The number of carbonyl (C=O) groups is 2. The van der Waals surface area contributed by atoms with Gasteiger partial charge in [-0.05, 0) is 48.9 Å². The zero-order chi connectivity index (χ0) is 30.3. The van der Waals surface area contributed by atoms with E-state index in [1.165, 1.54) is 16.7 Å². The van der Waals surface area contributed by atoms with Crippen molar-refractivity contribution in [3.63, 3.8) is 0 Å². The number of fused-ring (bicyclic) bond motifs is 2. The van der Waals surface area contributed by atoms with Crippen LogP contribution in [0.3, 0.4) is 0 Å². The van der Waals surface area contributed by atoms with Crippen molar-refractivity contribution in [2.45, 2.75) is 69.4 Å². The number of benzene rings is 2. The number of carbonyl (C=O) groups excluding carboxylic acids is 2. The van der Waals surface area contributed by atoms with Crippen molar-refractivity contribution in [3.8, 4) is 0 Å². The molecule has 6 rings (SSSR count). The number of nitrogens with one attached hydrogen (secondary N) is 2. The predicted octanol–water partition coefficient (Wildman–Crippen LogP) is 5.50. The summed E-state index contributed by atoms with van der Waals surface area (Å²) in [7, 11) is 0. The molecule has 2 aromatic carbocycles. The van der Waals surface area contributed by atoms with Gasteiger partial charge in [-0.15, -0.1) is 10.2 Å². The van der Waals surface area contributed by atoms with Gasteiger partial charge in [0.25, 0.3) is 0 Å². The number of alkyl halides is 3. The van der Waals surface area contributed by atoms with Crippen LogP contribution in [0.15, 0.2) is 42.5 Å². The van der Waals surface area contributed by atoms with Gasteiger partial charge in [0, 0.05) is 43.8 Å². The van der Waals surface area contributed by atoms with E-state index in [-0.39, 0.29) is 48.7 Å². The van der Waals surface area contributed by atoms with E-state index in [1.807, 2.05) is 24.3 Å². The molecule has 0 bridgehead atoms. The fourth-order valence-corrected chi connectivity index (χ4v) is 6.29. The molecule has 0 spiro atoms. The number of amides is 4. The smallest absolute Gasteiger partial charge is 0.328 e. The van der Waals surface area contributed by atoms with Crippen molar-refractivity contribution in [1.29, 1.82) is 0 Å². The third kappa shape index (κ3) is 6.00. The standard InChI is InChI=1S/C29H30F5N7O2/c30-21-6-3-5-20(25(21)31)17-8-9-23(26-38-37-24(41(26)15-17)14-29(32,33)34)36-27(42)39-12-10-19(11-13-39)40-16-18-4-1-2-7-22(18)35-28(40)43/h1-7,17,19,23H,8-16H2,(H,35,43)(H,36,42)/t17-,23-/m1/s1. The molecule has 1 aromatic heterocycles. The van der Waals surface area contributed by atoms with E-state index in [0.717, 1.165) is 17.3 Å². The maximum Gasteiger partial charge on any atom is 0.396 e. The topological polar surface area (TPSA) is 95.4 Å². The second-order valence-corrected chi connectivity index (χ2v) is 11.2. The van der Waals surface area contributed by atoms with Crippen molar-refractivity contribution in [2.24, 2.45) is 0 Å². The number of piperidine rings is 1. The largest absolute Gasteiger partial charge is 0.396 e. The maximum absolute atomic E-state index is 14.7. The van der Waals surface area contributed by atoms with Gasteiger partial charge < -0.3 is 25.0 Å². The van der Waals surface area contributed by atoms with Crippen LogP contribution in [0.5, 0.6) is 0 Å². The minimum absolute atomic E-state index is 0.0519. The van der Waals surface area contributed by atoms with Crippen molar-refractivity contribution < 1.29 is 31.5 Å². The number of anilines is 1. The molecule has 1 fully saturated rings. The predicted molar refractivity (Wildman–Crippen MR) is 145 cm³/mol. The average Bonchev–Trinajstić information content (AvgIpc) is 3.26. The van der Waals surface area contributed by atoms with E-state index in [0.29, 0.717) is 32.5 Å². The quantitative estimate of drug-likeness (QED) is 0.385. The number of para-hydroxylation sites is 1. The highest BCUT2D eigenvalue weighted by Crippen LogP contribution is 2.36. The first-order chi connectivity index (χ1) is 20.6. The molecule has 3 aliphatic rings. The number of urea groups is 2. The Bertz CT molecular complexity index is 1520. The molecule has 4 amide bonds. The SMILES string of the molecule is O=C(N[C@@H]1CC[C@@H](c2cccc(F)c2F)Cn2c(CC(F)(F)F)nnc21)N1CCC(N2Cc3ccccc3NC2=O)CC1. The van der Waals surface area contributed by atoms with Gasteiger partial charge in [0.15, 0.2) is 17.5 Å². The Hall–Kier alpha value is -4.23. The summed E-state index contributed by atoms with van der Waals surface area (Å²) in [5.41, 5.74) is 1.86. The van der Waals surface area contributed by atoms with Gasteiger partial charge in [0.2, 0.25) is 0 Å². The number of hydrogen-bond donors (Lipinski definition) is 2. The molecule has 14 heteroatoms. The van der Waals surface area contributed by atoms with Crippen LogP contribution in [0.1, 0.15) is 60.4 Å². The zero-order valence-electron chi connectivity index (χ0n) is 23.1. The van der Waals surface area contributed by atoms with Gasteiger partial charge in [-0.1, -0.05) is 30.3 Å². The average molecular weight is 604 g/mol. The van der Waals surface area contributed by atoms with Crippen LogP contribution in [0.25, 0.3) is 0 Å². The summed E-state index contributed by atoms with van der Waals surface area (Å²) < 4.78 is 70.0. The lowest BCUT2D eigenvalue weighted by Gasteiger charge is -2.40. The van der Waals surface area contributed by atoms with Gasteiger partial charge in [-0.2, -0.15) is 13.2 Å². The van der Waals surface area contributed by atoms with Crippen molar-refractivity contribution in [3.05, 3.63) is 76.9 Å². The fraction of sp³-hybridized carbons (Fsp3) is 0.448. The molecule has 0 aliphatic carbocycles. The molecule has 9 nitrogen and oxygen atoms in total. The summed E-state index contributed by atoms with van der Waals surface area (Å²) in [4.78, 5) is 29.5. The first-order valence-electron chi connectivity index (χ1n) is 14.2. The molecule has 43 heavy (non-hydrogen) atoms. The third-order valence-corrected chi connectivity index (χ3v) is 8.50. The van der Waals surface area contributed by atoms with Crippen LogP contribution < -0.4 is 10.6 Å². The Kier molecular flexibility index (Phi) is 7.69. The summed E-state index contributed by atoms with van der Waals surface area (Å²) >= 11 is 0. The van der Waals surface area contributed by atoms with E-state index in [1.54, 1.807) is 9.80 Å². The first-order valence-corrected chi connectivity index (χ1v) is 14.2. The highest BCUT2D eigenvalue weighted by Gasteiger charge is 2.37. The van der Waals surface area contributed by atoms with E-state index in [9.17, 15) is 31.5 Å². The molecule has 2 N–H and O–H groups in total. The Balaban J connectivity index is 1.15. The van der Waals surface area contributed by atoms with Gasteiger partial charge in [-0.25, -0.2) is 18.4 Å². The molecule has 0 unspecified atom stereocenters. The number of aromatic nitrogens is 3. The van der Waals surface area contributed by atoms with E-state index in [4.69, 9.17) is 0 Å². The number of nitrogens with zero attached hydrogens (tertiary/aromatic N) is 5. The normalized spacial score (nSPS) is 21.1. The lowest BCUT2D eigenvalue weighted by molar-refractivity contribution is -0.129. The van der Waals surface area contributed by atoms with Crippen molar-refractivity contribution >= 4 is 17.7 Å². The number of hydrogen-bond acceptors (Lipinski definition) is 4. The minimum Gasteiger partial charge on any atom is -0.328 e. The number of likely N-dealkylation sites (tertiary alicyclic amines) is 1. The molecule has 2 atom stereocenters. The molecule has 1 saturated heterocycles. The molecule has 228 valence electrons. The Morgan fingerprint density at radius 1 is 1.00 bits per heavy atom. The molecular formula is C29H30F5N7O2. The Morgan fingerprint density at radius 3 is 2.53 bits per heavy atom. The molecule has 4 heterocycles. The first kappa shape index (κ1) is 28.9. The minimum atomic E-state index is -4.56. The second-order valence-electron chi connectivity index (χ2n) is 11.2. The van der Waals surface area contributed by atoms with Crippen molar-refractivity contribution in [2.75, 3.05) is 18.4 Å². The Labute approximate surface area is 244 Å². The fourth-order valence-electron chi connectivity index (χ4n) is 6.29. The molecular weight excluding hydrogens is 573 g/mol. The number of rotatable bonds is 4. The summed E-state index contributed by atoms with van der Waals surface area (Å²) in [6.45, 7) is 1.13. The monoisotopic (exact) mass is 603 g/mol. The van der Waals surface area contributed by atoms with Crippen LogP contribution in [0.2, 0.25) is 0 Å². The third-order valence-electron chi connectivity index (χ3n) is 8.50. The zero-order valence-corrected chi connectivity index (χ0v) is 23.1. The summed E-state index contributed by atoms with van der Waals surface area (Å²) in [6, 6.07) is 9.90. The van der Waals surface area contributed by atoms with E-state index in [2.05, 4.69) is 20.8 Å². The maximum atomic E-state index is 14.7. The molecule has 0 saturated carbocycles. The lowest BCUT2D eigenvalue weighted by Crippen LogP contribution is -2.52. The van der Waals surface area contributed by atoms with Crippen molar-refractivity contribution in [1.82, 2.24) is 29.9 Å². The lowest BCUT2D eigenvalue weighted by atomic mass is 9.93. The number of halogens is 5. The summed E-state index contributed by atoms with van der Waals surface area (Å²) in [5, 5.41) is 13.6. The highest BCUT2D eigenvalue weighted by molar-refractivity contribution is 5.92. The van der Waals surface area contributed by atoms with E-state index < -0.39 is 42.2 Å². The van der Waals surface area contributed by atoms with Gasteiger partial charge >= 0.3 is 18.2 Å². The van der Waals surface area contributed by atoms with E-state index >= 15 is 0 Å². The van der Waals surface area contributed by atoms with Crippen LogP contribution in [-0.4, -0.2) is 61.9 Å². The molecule has 3 aromatic rings. The van der Waals surface area contributed by atoms with Crippen LogP contribution in [0.4, 0.5) is 37.2 Å². The Morgan fingerprint density at radius 2 is 1.77 bits per heavy atom. The molecule has 0 radical (unpaired) electrons. The van der Waals surface area contributed by atoms with Crippen LogP contribution >= 0.6 is 0 Å². The van der Waals surface area contributed by atoms with Gasteiger partial charge in [-0.3, -0.25) is 0 Å². The summed E-state index contributed by atoms with van der Waals surface area (Å²) in [5.74, 6) is -2.95. The molecule has 3 aliphatic heterocycles. The highest BCUT2D eigenvalue weighted by atomic mass is 19.4. The van der Waals surface area contributed by atoms with Crippen LogP contribution in [0, 0.1) is 11.6 Å². The van der Waals surface area contributed by atoms with Crippen LogP contribution in [-0.2, 0) is 19.5 Å². The summed E-state index contributed by atoms with van der Waals surface area (Å²) in [6.07, 6.45) is -4.29. The second kappa shape index (κ2) is 11.5.